The van der Waals surface area contributed by atoms with Gasteiger partial charge in [-0.05, 0) is 47.7 Å². The number of nitrogens with one attached hydrogen (secondary N) is 1. The smallest absolute Gasteiger partial charge is 0.416 e. The van der Waals surface area contributed by atoms with E-state index in [2.05, 4.69) is 5.32 Å². The second kappa shape index (κ2) is 5.76. The summed E-state index contributed by atoms with van der Waals surface area (Å²) in [6, 6.07) is 1.66. The molecule has 2 N–H and O–H groups in total. The van der Waals surface area contributed by atoms with Crippen LogP contribution >= 0.6 is 22.6 Å². The lowest BCUT2D eigenvalue weighted by Crippen LogP contribution is -2.38. The molecule has 1 aromatic carbocycles. The Labute approximate surface area is 120 Å². The molecule has 1 aromatic rings. The third kappa shape index (κ3) is 4.37. The quantitative estimate of drug-likeness (QED) is 0.784. The minimum Gasteiger partial charge on any atom is -0.480 e. The van der Waals surface area contributed by atoms with Crippen LogP contribution in [0.5, 0.6) is 0 Å². The number of carboxylic acid groups (broad SMARTS) is 1. The van der Waals surface area contributed by atoms with Crippen molar-refractivity contribution in [2.45, 2.75) is 19.1 Å². The average Bonchev–Trinajstić information content (AvgIpc) is 2.26. The van der Waals surface area contributed by atoms with Crippen LogP contribution in [-0.2, 0) is 11.0 Å². The maximum atomic E-state index is 12.6. The summed E-state index contributed by atoms with van der Waals surface area (Å²) in [7, 11) is 0. The predicted octanol–water partition coefficient (Wildman–Crippen LogP) is 2.51. The van der Waals surface area contributed by atoms with E-state index < -0.39 is 29.7 Å². The number of hydrogen-bond donors (Lipinski definition) is 2. The zero-order valence-electron chi connectivity index (χ0n) is 9.58. The largest absolute Gasteiger partial charge is 0.480 e. The van der Waals surface area contributed by atoms with E-state index in [0.717, 1.165) is 6.07 Å². The van der Waals surface area contributed by atoms with Gasteiger partial charge in [0.05, 0.1) is 5.56 Å². The highest BCUT2D eigenvalue weighted by atomic mass is 127. The molecule has 0 aromatic heterocycles. The van der Waals surface area contributed by atoms with Gasteiger partial charge in [-0.1, -0.05) is 0 Å². The summed E-state index contributed by atoms with van der Waals surface area (Å²) in [4.78, 5) is 22.2. The molecule has 0 fully saturated rings. The van der Waals surface area contributed by atoms with E-state index >= 15 is 0 Å². The molecular weight excluding hydrogens is 378 g/mol. The van der Waals surface area contributed by atoms with Gasteiger partial charge in [0.25, 0.3) is 5.91 Å². The van der Waals surface area contributed by atoms with Crippen LogP contribution in [0.3, 0.4) is 0 Å². The minimum atomic E-state index is -4.56. The SMILES string of the molecule is C[C@@H](NC(=O)c1cc(I)cc(C(F)(F)F)c1)C(=O)O. The average molecular weight is 387 g/mol. The van der Waals surface area contributed by atoms with Gasteiger partial charge in [-0.2, -0.15) is 13.2 Å². The number of carbonyl (C=O) groups is 2. The van der Waals surface area contributed by atoms with E-state index in [1.165, 1.54) is 13.0 Å². The molecule has 8 heteroatoms. The van der Waals surface area contributed by atoms with Crippen molar-refractivity contribution in [3.05, 3.63) is 32.9 Å². The molecule has 0 saturated heterocycles. The molecule has 1 rings (SSSR count). The lowest BCUT2D eigenvalue weighted by molar-refractivity contribution is -0.139. The number of amides is 1. The molecule has 0 aliphatic carbocycles. The van der Waals surface area contributed by atoms with Crippen LogP contribution in [0.4, 0.5) is 13.2 Å². The molecule has 4 nitrogen and oxygen atoms in total. The number of alkyl halides is 3. The van der Waals surface area contributed by atoms with Crippen molar-refractivity contribution in [3.63, 3.8) is 0 Å². The first kappa shape index (κ1) is 15.7. The molecule has 0 unspecified atom stereocenters. The Hall–Kier alpha value is -1.32. The van der Waals surface area contributed by atoms with Crippen molar-refractivity contribution >= 4 is 34.5 Å². The lowest BCUT2D eigenvalue weighted by atomic mass is 10.1. The maximum Gasteiger partial charge on any atom is 0.416 e. The van der Waals surface area contributed by atoms with E-state index in [0.29, 0.717) is 6.07 Å². The van der Waals surface area contributed by atoms with Crippen molar-refractivity contribution < 1.29 is 27.9 Å². The zero-order valence-corrected chi connectivity index (χ0v) is 11.7. The summed E-state index contributed by atoms with van der Waals surface area (Å²) in [5.41, 5.74) is -1.18. The van der Waals surface area contributed by atoms with Crippen LogP contribution in [0, 0.1) is 3.57 Å². The number of carboxylic acids is 1. The van der Waals surface area contributed by atoms with Crippen molar-refractivity contribution in [2.75, 3.05) is 0 Å². The first-order chi connectivity index (χ1) is 8.61. The van der Waals surface area contributed by atoms with Gasteiger partial charge in [0, 0.05) is 9.13 Å². The first-order valence-electron chi connectivity index (χ1n) is 5.02. The Morgan fingerprint density at radius 2 is 1.89 bits per heavy atom. The maximum absolute atomic E-state index is 12.6. The van der Waals surface area contributed by atoms with E-state index in [4.69, 9.17) is 5.11 Å². The standard InChI is InChI=1S/C11H9F3INO3/c1-5(10(18)19)16-9(17)6-2-7(11(12,13)14)4-8(15)3-6/h2-5H,1H3,(H,16,17)(H,18,19)/t5-/m1/s1. The summed E-state index contributed by atoms with van der Waals surface area (Å²) >= 11 is 1.66. The third-order valence-corrected chi connectivity index (χ3v) is 2.83. The Kier molecular flexibility index (Phi) is 4.77. The van der Waals surface area contributed by atoms with Gasteiger partial charge in [0.2, 0.25) is 0 Å². The summed E-state index contributed by atoms with van der Waals surface area (Å²) < 4.78 is 38.0. The third-order valence-electron chi connectivity index (χ3n) is 2.21. The van der Waals surface area contributed by atoms with Crippen LogP contribution in [0.2, 0.25) is 0 Å². The second-order valence-corrected chi connectivity index (χ2v) is 5.01. The normalized spacial score (nSPS) is 12.9. The van der Waals surface area contributed by atoms with E-state index in [9.17, 15) is 22.8 Å². The Morgan fingerprint density at radius 3 is 2.37 bits per heavy atom. The fraction of sp³-hybridized carbons (Fsp3) is 0.273. The molecule has 0 spiro atoms. The predicted molar refractivity (Wildman–Crippen MR) is 68.7 cm³/mol. The second-order valence-electron chi connectivity index (χ2n) is 3.76. The zero-order chi connectivity index (χ0) is 14.8. The number of hydrogen-bond acceptors (Lipinski definition) is 2. The van der Waals surface area contributed by atoms with Crippen LogP contribution in [0.1, 0.15) is 22.8 Å². The van der Waals surface area contributed by atoms with Gasteiger partial charge >= 0.3 is 12.1 Å². The van der Waals surface area contributed by atoms with Gasteiger partial charge in [-0.15, -0.1) is 0 Å². The molecule has 0 aliphatic rings. The van der Waals surface area contributed by atoms with Crippen LogP contribution in [0.15, 0.2) is 18.2 Å². The Bertz CT molecular complexity index is 516. The van der Waals surface area contributed by atoms with Gasteiger partial charge in [0.15, 0.2) is 0 Å². The Morgan fingerprint density at radius 1 is 1.32 bits per heavy atom. The first-order valence-corrected chi connectivity index (χ1v) is 6.10. The van der Waals surface area contributed by atoms with Gasteiger partial charge in [-0.25, -0.2) is 0 Å². The van der Waals surface area contributed by atoms with E-state index in [1.54, 1.807) is 22.6 Å². The topological polar surface area (TPSA) is 66.4 Å². The molecule has 19 heavy (non-hydrogen) atoms. The van der Waals surface area contributed by atoms with Crippen molar-refractivity contribution in [2.24, 2.45) is 0 Å². The number of halogens is 4. The minimum absolute atomic E-state index is 0.229. The monoisotopic (exact) mass is 387 g/mol. The van der Waals surface area contributed by atoms with Crippen molar-refractivity contribution in [1.29, 1.82) is 0 Å². The fourth-order valence-electron chi connectivity index (χ4n) is 1.23. The van der Waals surface area contributed by atoms with Crippen LogP contribution in [0.25, 0.3) is 0 Å². The van der Waals surface area contributed by atoms with Crippen LogP contribution < -0.4 is 5.32 Å². The van der Waals surface area contributed by atoms with Gasteiger partial charge in [-0.3, -0.25) is 9.59 Å². The summed E-state index contributed by atoms with van der Waals surface area (Å²) in [5, 5.41) is 10.7. The summed E-state index contributed by atoms with van der Waals surface area (Å²) in [5.74, 6) is -2.13. The summed E-state index contributed by atoms with van der Waals surface area (Å²) in [6.07, 6.45) is -4.56. The number of carbonyl (C=O) groups excluding carboxylic acids is 1. The number of rotatable bonds is 3. The lowest BCUT2D eigenvalue weighted by Gasteiger charge is -2.12. The molecule has 0 bridgehead atoms. The van der Waals surface area contributed by atoms with Crippen molar-refractivity contribution in [1.82, 2.24) is 5.32 Å². The highest BCUT2D eigenvalue weighted by molar-refractivity contribution is 14.1. The molecule has 0 radical (unpaired) electrons. The van der Waals surface area contributed by atoms with Gasteiger partial charge in [0.1, 0.15) is 6.04 Å². The molecule has 1 atom stereocenters. The molecular formula is C11H9F3INO3. The van der Waals surface area contributed by atoms with E-state index in [1.807, 2.05) is 0 Å². The molecule has 1 amide bonds. The molecule has 0 aliphatic heterocycles. The number of benzene rings is 1. The highest BCUT2D eigenvalue weighted by Gasteiger charge is 2.31. The Balaban J connectivity index is 3.04. The van der Waals surface area contributed by atoms with Gasteiger partial charge < -0.3 is 10.4 Å². The summed E-state index contributed by atoms with van der Waals surface area (Å²) in [6.45, 7) is 1.22. The molecule has 0 heterocycles. The fourth-order valence-corrected chi connectivity index (χ4v) is 1.90. The van der Waals surface area contributed by atoms with Crippen molar-refractivity contribution in [3.8, 4) is 0 Å². The van der Waals surface area contributed by atoms with Crippen LogP contribution in [-0.4, -0.2) is 23.0 Å². The molecule has 104 valence electrons. The highest BCUT2D eigenvalue weighted by Crippen LogP contribution is 2.31. The number of aliphatic carboxylic acids is 1. The van der Waals surface area contributed by atoms with E-state index in [-0.39, 0.29) is 9.13 Å². The molecule has 0 saturated carbocycles.